The third-order valence-corrected chi connectivity index (χ3v) is 3.48. The van der Waals surface area contributed by atoms with E-state index in [9.17, 15) is 8.78 Å². The van der Waals surface area contributed by atoms with Gasteiger partial charge in [-0.2, -0.15) is 0 Å². The van der Waals surface area contributed by atoms with Gasteiger partial charge in [0, 0.05) is 6.20 Å². The highest BCUT2D eigenvalue weighted by atomic mass is 32.1. The molecule has 4 heteroatoms. The maximum Gasteiger partial charge on any atom is 0.162 e. The molecule has 0 spiro atoms. The maximum atomic E-state index is 13.4. The second kappa shape index (κ2) is 4.29. The number of aryl methyl sites for hydroxylation is 1. The summed E-state index contributed by atoms with van der Waals surface area (Å²) in [6, 6.07) is 2.78. The van der Waals surface area contributed by atoms with Crippen LogP contribution >= 0.6 is 11.5 Å². The van der Waals surface area contributed by atoms with E-state index in [2.05, 4.69) is 4.37 Å². The van der Waals surface area contributed by atoms with Crippen LogP contribution in [0.25, 0.3) is 10.4 Å². The molecule has 16 heavy (non-hydrogen) atoms. The first-order chi connectivity index (χ1) is 7.65. The summed E-state index contributed by atoms with van der Waals surface area (Å²) < 4.78 is 30.5. The quantitative estimate of drug-likeness (QED) is 0.773. The van der Waals surface area contributed by atoms with Crippen LogP contribution in [0.1, 0.15) is 18.1 Å². The number of hydrogen-bond donors (Lipinski definition) is 0. The van der Waals surface area contributed by atoms with E-state index in [0.29, 0.717) is 5.56 Å². The molecule has 0 atom stereocenters. The molecule has 1 heterocycles. The average Bonchev–Trinajstić information content (AvgIpc) is 2.74. The van der Waals surface area contributed by atoms with Gasteiger partial charge in [-0.1, -0.05) is 13.0 Å². The van der Waals surface area contributed by atoms with E-state index in [1.54, 1.807) is 19.2 Å². The van der Waals surface area contributed by atoms with Crippen LogP contribution in [-0.4, -0.2) is 4.37 Å². The molecule has 0 aliphatic carbocycles. The van der Waals surface area contributed by atoms with Crippen molar-refractivity contribution in [2.24, 2.45) is 0 Å². The summed E-state index contributed by atoms with van der Waals surface area (Å²) in [5.41, 5.74) is 2.15. The minimum absolute atomic E-state index is 0.346. The topological polar surface area (TPSA) is 12.9 Å². The molecule has 2 aromatic rings. The number of hydrogen-bond acceptors (Lipinski definition) is 2. The molecule has 2 rings (SSSR count). The largest absolute Gasteiger partial charge is 0.204 e. The first-order valence-corrected chi connectivity index (χ1v) is 5.81. The van der Waals surface area contributed by atoms with Gasteiger partial charge in [0.2, 0.25) is 0 Å². The number of nitrogens with zero attached hydrogens (tertiary/aromatic N) is 1. The first-order valence-electron chi connectivity index (χ1n) is 5.03. The molecular weight excluding hydrogens is 228 g/mol. The second-order valence-electron chi connectivity index (χ2n) is 3.57. The molecule has 0 aliphatic rings. The summed E-state index contributed by atoms with van der Waals surface area (Å²) in [6.45, 7) is 3.61. The van der Waals surface area contributed by atoms with Gasteiger partial charge in [0.05, 0.1) is 4.88 Å². The second-order valence-corrected chi connectivity index (χ2v) is 4.37. The van der Waals surface area contributed by atoms with Crippen molar-refractivity contribution in [1.29, 1.82) is 0 Å². The zero-order chi connectivity index (χ0) is 11.7. The van der Waals surface area contributed by atoms with Crippen molar-refractivity contribution in [3.63, 3.8) is 0 Å². The molecule has 0 N–H and O–H groups in total. The average molecular weight is 239 g/mol. The monoisotopic (exact) mass is 239 g/mol. The lowest BCUT2D eigenvalue weighted by atomic mass is 10.0. The van der Waals surface area contributed by atoms with Crippen LogP contribution in [0, 0.1) is 18.6 Å². The summed E-state index contributed by atoms with van der Waals surface area (Å²) in [6.07, 6.45) is 2.62. The SMILES string of the molecule is CCc1cnsc1-c1ccc(F)c(F)c1C. The highest BCUT2D eigenvalue weighted by molar-refractivity contribution is 7.09. The number of rotatable bonds is 2. The van der Waals surface area contributed by atoms with E-state index >= 15 is 0 Å². The minimum atomic E-state index is -0.802. The third kappa shape index (κ3) is 1.73. The lowest BCUT2D eigenvalue weighted by Gasteiger charge is -2.06. The van der Waals surface area contributed by atoms with Crippen molar-refractivity contribution in [3.8, 4) is 10.4 Å². The van der Waals surface area contributed by atoms with E-state index in [4.69, 9.17) is 0 Å². The predicted octanol–water partition coefficient (Wildman–Crippen LogP) is 3.96. The van der Waals surface area contributed by atoms with Crippen LogP contribution in [0.15, 0.2) is 18.3 Å². The predicted molar refractivity (Wildman–Crippen MR) is 61.6 cm³/mol. The molecule has 0 saturated carbocycles. The van der Waals surface area contributed by atoms with Gasteiger partial charge in [-0.05, 0) is 47.6 Å². The van der Waals surface area contributed by atoms with Crippen LogP contribution in [0.4, 0.5) is 8.78 Å². The normalized spacial score (nSPS) is 10.8. The molecule has 0 aliphatic heterocycles. The zero-order valence-corrected chi connectivity index (χ0v) is 9.87. The fourth-order valence-corrected chi connectivity index (χ4v) is 2.55. The molecule has 1 aromatic carbocycles. The van der Waals surface area contributed by atoms with Crippen molar-refractivity contribution in [2.45, 2.75) is 20.3 Å². The Balaban J connectivity index is 2.61. The highest BCUT2D eigenvalue weighted by Crippen LogP contribution is 2.32. The Bertz CT molecular complexity index is 520. The fourth-order valence-electron chi connectivity index (χ4n) is 1.63. The zero-order valence-electron chi connectivity index (χ0n) is 9.05. The van der Waals surface area contributed by atoms with Crippen molar-refractivity contribution in [2.75, 3.05) is 0 Å². The Hall–Kier alpha value is -1.29. The van der Waals surface area contributed by atoms with E-state index in [1.807, 2.05) is 6.92 Å². The van der Waals surface area contributed by atoms with E-state index in [-0.39, 0.29) is 0 Å². The van der Waals surface area contributed by atoms with Gasteiger partial charge in [0.25, 0.3) is 0 Å². The fraction of sp³-hybridized carbons (Fsp3) is 0.250. The molecule has 0 saturated heterocycles. The lowest BCUT2D eigenvalue weighted by molar-refractivity contribution is 0.503. The molecule has 0 radical (unpaired) electrons. The minimum Gasteiger partial charge on any atom is -0.204 e. The van der Waals surface area contributed by atoms with Gasteiger partial charge in [0.1, 0.15) is 0 Å². The Labute approximate surface area is 96.9 Å². The molecule has 0 bridgehead atoms. The Morgan fingerprint density at radius 1 is 1.31 bits per heavy atom. The molecule has 1 aromatic heterocycles. The van der Waals surface area contributed by atoms with Gasteiger partial charge in [-0.15, -0.1) is 0 Å². The standard InChI is InChI=1S/C12H11F2NS/c1-3-8-6-15-16-12(8)9-4-5-10(13)11(14)7(9)2/h4-6H,3H2,1-2H3. The summed E-state index contributed by atoms with van der Waals surface area (Å²) in [7, 11) is 0. The Morgan fingerprint density at radius 2 is 2.06 bits per heavy atom. The third-order valence-electron chi connectivity index (χ3n) is 2.61. The molecule has 84 valence electrons. The van der Waals surface area contributed by atoms with Gasteiger partial charge in [-0.25, -0.2) is 13.2 Å². The first kappa shape index (κ1) is 11.2. The van der Waals surface area contributed by atoms with Crippen molar-refractivity contribution in [1.82, 2.24) is 4.37 Å². The van der Waals surface area contributed by atoms with Gasteiger partial charge in [-0.3, -0.25) is 0 Å². The van der Waals surface area contributed by atoms with Crippen LogP contribution in [0.5, 0.6) is 0 Å². The molecule has 0 fully saturated rings. The van der Waals surface area contributed by atoms with Crippen LogP contribution < -0.4 is 0 Å². The van der Waals surface area contributed by atoms with Gasteiger partial charge in [0.15, 0.2) is 11.6 Å². The summed E-state index contributed by atoms with van der Waals surface area (Å²) in [5.74, 6) is -1.57. The number of aromatic nitrogens is 1. The highest BCUT2D eigenvalue weighted by Gasteiger charge is 2.14. The van der Waals surface area contributed by atoms with Crippen molar-refractivity contribution >= 4 is 11.5 Å². The lowest BCUT2D eigenvalue weighted by Crippen LogP contribution is -1.92. The van der Waals surface area contributed by atoms with Crippen molar-refractivity contribution in [3.05, 3.63) is 41.1 Å². The smallest absolute Gasteiger partial charge is 0.162 e. The Morgan fingerprint density at radius 3 is 2.75 bits per heavy atom. The summed E-state index contributed by atoms with van der Waals surface area (Å²) >= 11 is 1.32. The Kier molecular flexibility index (Phi) is 3.01. The van der Waals surface area contributed by atoms with Crippen LogP contribution in [-0.2, 0) is 6.42 Å². The van der Waals surface area contributed by atoms with Crippen LogP contribution in [0.2, 0.25) is 0 Å². The van der Waals surface area contributed by atoms with Gasteiger partial charge >= 0.3 is 0 Å². The van der Waals surface area contributed by atoms with Crippen LogP contribution in [0.3, 0.4) is 0 Å². The van der Waals surface area contributed by atoms with Crippen molar-refractivity contribution < 1.29 is 8.78 Å². The number of halogens is 2. The maximum absolute atomic E-state index is 13.4. The molecular formula is C12H11F2NS. The van der Waals surface area contributed by atoms with E-state index in [1.165, 1.54) is 11.5 Å². The molecule has 0 unspecified atom stereocenters. The summed E-state index contributed by atoms with van der Waals surface area (Å²) in [5, 5.41) is 0. The molecule has 0 amide bonds. The van der Waals surface area contributed by atoms with E-state index in [0.717, 1.165) is 28.5 Å². The van der Waals surface area contributed by atoms with Gasteiger partial charge < -0.3 is 0 Å². The summed E-state index contributed by atoms with van der Waals surface area (Å²) in [4.78, 5) is 0.930. The molecule has 1 nitrogen and oxygen atoms in total. The number of benzene rings is 1. The van der Waals surface area contributed by atoms with E-state index < -0.39 is 11.6 Å².